The van der Waals surface area contributed by atoms with Gasteiger partial charge < -0.3 is 9.42 Å². The van der Waals surface area contributed by atoms with Gasteiger partial charge in [0.25, 0.3) is 5.91 Å². The van der Waals surface area contributed by atoms with Gasteiger partial charge in [-0.15, -0.1) is 11.3 Å². The fraction of sp³-hybridized carbons (Fsp3) is 0.278. The summed E-state index contributed by atoms with van der Waals surface area (Å²) in [6.45, 7) is 3.46. The number of benzene rings is 1. The molecule has 1 aliphatic rings. The van der Waals surface area contributed by atoms with Crippen LogP contribution in [0.15, 0.2) is 52.4 Å². The molecule has 0 aliphatic carbocycles. The Kier molecular flexibility index (Phi) is 3.90. The first-order chi connectivity index (χ1) is 11.7. The van der Waals surface area contributed by atoms with Crippen molar-refractivity contribution in [2.45, 2.75) is 12.8 Å². The number of amides is 1. The first-order valence-corrected chi connectivity index (χ1v) is 8.82. The van der Waals surface area contributed by atoms with Gasteiger partial charge in [-0.25, -0.2) is 0 Å². The minimum atomic E-state index is 0.0823. The average molecular weight is 339 g/mol. The summed E-state index contributed by atoms with van der Waals surface area (Å²) in [5.74, 6) is 1.67. The summed E-state index contributed by atoms with van der Waals surface area (Å²) in [4.78, 5) is 19.7. The fourth-order valence-electron chi connectivity index (χ4n) is 3.10. The Labute approximate surface area is 143 Å². The van der Waals surface area contributed by atoms with Gasteiger partial charge in [0, 0.05) is 18.7 Å². The van der Waals surface area contributed by atoms with Crippen LogP contribution in [0.25, 0.3) is 11.4 Å². The van der Waals surface area contributed by atoms with E-state index >= 15 is 0 Å². The lowest BCUT2D eigenvalue weighted by Crippen LogP contribution is -2.28. The largest absolute Gasteiger partial charge is 0.339 e. The quantitative estimate of drug-likeness (QED) is 0.730. The van der Waals surface area contributed by atoms with E-state index in [-0.39, 0.29) is 17.7 Å². The molecule has 0 unspecified atom stereocenters. The highest BCUT2D eigenvalue weighted by Crippen LogP contribution is 2.33. The molecule has 3 aromatic rings. The zero-order chi connectivity index (χ0) is 16.5. The summed E-state index contributed by atoms with van der Waals surface area (Å²) < 4.78 is 5.50. The molecule has 1 aliphatic heterocycles. The minimum Gasteiger partial charge on any atom is -0.339 e. The molecule has 2 aromatic heterocycles. The first kappa shape index (κ1) is 15.1. The molecule has 0 spiro atoms. The van der Waals surface area contributed by atoms with Crippen LogP contribution in [-0.4, -0.2) is 34.0 Å². The van der Waals surface area contributed by atoms with Gasteiger partial charge in [0.15, 0.2) is 0 Å². The number of thiophene rings is 1. The van der Waals surface area contributed by atoms with E-state index in [9.17, 15) is 4.79 Å². The second-order valence-corrected chi connectivity index (χ2v) is 7.04. The molecule has 1 saturated heterocycles. The van der Waals surface area contributed by atoms with E-state index in [0.29, 0.717) is 24.8 Å². The van der Waals surface area contributed by atoms with Crippen molar-refractivity contribution < 1.29 is 9.32 Å². The lowest BCUT2D eigenvalue weighted by molar-refractivity contribution is 0.0791. The standard InChI is InChI=1S/C18H17N3O2S/c1-12-10-21(18(22)15-8-5-9-24-15)11-14(12)17-19-16(20-23-17)13-6-3-2-4-7-13/h2-9,12,14H,10-11H2,1H3/t12-,14-/m1/s1. The highest BCUT2D eigenvalue weighted by molar-refractivity contribution is 7.12. The van der Waals surface area contributed by atoms with E-state index in [0.717, 1.165) is 10.4 Å². The molecular weight excluding hydrogens is 322 g/mol. The molecule has 0 radical (unpaired) electrons. The zero-order valence-electron chi connectivity index (χ0n) is 13.3. The predicted molar refractivity (Wildman–Crippen MR) is 91.9 cm³/mol. The van der Waals surface area contributed by atoms with Gasteiger partial charge in [-0.1, -0.05) is 48.5 Å². The maximum Gasteiger partial charge on any atom is 0.263 e. The third kappa shape index (κ3) is 2.73. The van der Waals surface area contributed by atoms with Crippen molar-refractivity contribution in [3.05, 3.63) is 58.6 Å². The Hall–Kier alpha value is -2.47. The van der Waals surface area contributed by atoms with E-state index in [1.54, 1.807) is 0 Å². The molecule has 6 heteroatoms. The fourth-order valence-corrected chi connectivity index (χ4v) is 3.79. The minimum absolute atomic E-state index is 0.0823. The second kappa shape index (κ2) is 6.20. The van der Waals surface area contributed by atoms with Crippen LogP contribution in [-0.2, 0) is 0 Å². The van der Waals surface area contributed by atoms with Crippen molar-refractivity contribution in [3.63, 3.8) is 0 Å². The molecule has 1 fully saturated rings. The Bertz CT molecular complexity index is 829. The summed E-state index contributed by atoms with van der Waals surface area (Å²) in [7, 11) is 0. The highest BCUT2D eigenvalue weighted by atomic mass is 32.1. The number of hydrogen-bond acceptors (Lipinski definition) is 5. The normalized spacial score (nSPS) is 20.5. The van der Waals surface area contributed by atoms with Crippen molar-refractivity contribution >= 4 is 17.2 Å². The third-order valence-electron chi connectivity index (χ3n) is 4.42. The van der Waals surface area contributed by atoms with E-state index in [2.05, 4.69) is 17.1 Å². The number of carbonyl (C=O) groups excluding carboxylic acids is 1. The lowest BCUT2D eigenvalue weighted by atomic mass is 9.98. The number of rotatable bonds is 3. The smallest absolute Gasteiger partial charge is 0.263 e. The predicted octanol–water partition coefficient (Wildman–Crippen LogP) is 3.67. The van der Waals surface area contributed by atoms with Crippen molar-refractivity contribution in [1.29, 1.82) is 0 Å². The Morgan fingerprint density at radius 1 is 1.21 bits per heavy atom. The molecule has 5 nitrogen and oxygen atoms in total. The van der Waals surface area contributed by atoms with E-state index in [1.807, 2.05) is 52.7 Å². The van der Waals surface area contributed by atoms with Gasteiger partial charge in [-0.05, 0) is 17.4 Å². The summed E-state index contributed by atoms with van der Waals surface area (Å²) in [5, 5.41) is 6.02. The second-order valence-electron chi connectivity index (χ2n) is 6.09. The van der Waals surface area contributed by atoms with Crippen LogP contribution in [0, 0.1) is 5.92 Å². The summed E-state index contributed by atoms with van der Waals surface area (Å²) in [6.07, 6.45) is 0. The molecule has 0 bridgehead atoms. The molecule has 24 heavy (non-hydrogen) atoms. The van der Waals surface area contributed by atoms with Crippen LogP contribution in [0.4, 0.5) is 0 Å². The van der Waals surface area contributed by atoms with Crippen molar-refractivity contribution in [3.8, 4) is 11.4 Å². The summed E-state index contributed by atoms with van der Waals surface area (Å²) >= 11 is 1.47. The number of likely N-dealkylation sites (tertiary alicyclic amines) is 1. The van der Waals surface area contributed by atoms with Crippen molar-refractivity contribution in [2.24, 2.45) is 5.92 Å². The van der Waals surface area contributed by atoms with Crippen LogP contribution in [0.1, 0.15) is 28.4 Å². The molecule has 4 rings (SSSR count). The van der Waals surface area contributed by atoms with Crippen LogP contribution in [0.3, 0.4) is 0 Å². The average Bonchev–Trinajstić information content (AvgIpc) is 3.35. The maximum atomic E-state index is 12.5. The molecule has 0 N–H and O–H groups in total. The first-order valence-electron chi connectivity index (χ1n) is 7.94. The van der Waals surface area contributed by atoms with Gasteiger partial charge in [-0.3, -0.25) is 4.79 Å². The lowest BCUT2D eigenvalue weighted by Gasteiger charge is -2.14. The molecular formula is C18H17N3O2S. The SMILES string of the molecule is C[C@@H]1CN(C(=O)c2cccs2)C[C@H]1c1nc(-c2ccccc2)no1. The van der Waals surface area contributed by atoms with Gasteiger partial charge in [0.2, 0.25) is 11.7 Å². The van der Waals surface area contributed by atoms with E-state index < -0.39 is 0 Å². The van der Waals surface area contributed by atoms with Crippen molar-refractivity contribution in [1.82, 2.24) is 15.0 Å². The van der Waals surface area contributed by atoms with E-state index in [1.165, 1.54) is 11.3 Å². The van der Waals surface area contributed by atoms with Gasteiger partial charge >= 0.3 is 0 Å². The molecule has 1 aromatic carbocycles. The number of carbonyl (C=O) groups is 1. The topological polar surface area (TPSA) is 59.2 Å². The highest BCUT2D eigenvalue weighted by Gasteiger charge is 2.37. The Morgan fingerprint density at radius 2 is 2.04 bits per heavy atom. The van der Waals surface area contributed by atoms with Gasteiger partial charge in [-0.2, -0.15) is 4.98 Å². The molecule has 0 saturated carbocycles. The molecule has 2 atom stereocenters. The molecule has 1 amide bonds. The third-order valence-corrected chi connectivity index (χ3v) is 5.28. The van der Waals surface area contributed by atoms with Crippen LogP contribution in [0.2, 0.25) is 0 Å². The number of aromatic nitrogens is 2. The number of hydrogen-bond donors (Lipinski definition) is 0. The maximum absolute atomic E-state index is 12.5. The number of nitrogens with zero attached hydrogens (tertiary/aromatic N) is 3. The summed E-state index contributed by atoms with van der Waals surface area (Å²) in [6, 6.07) is 13.5. The Morgan fingerprint density at radius 3 is 2.79 bits per heavy atom. The van der Waals surface area contributed by atoms with Crippen LogP contribution >= 0.6 is 11.3 Å². The van der Waals surface area contributed by atoms with Crippen LogP contribution in [0.5, 0.6) is 0 Å². The Balaban J connectivity index is 1.53. The summed E-state index contributed by atoms with van der Waals surface area (Å²) in [5.41, 5.74) is 0.935. The monoisotopic (exact) mass is 339 g/mol. The molecule has 122 valence electrons. The van der Waals surface area contributed by atoms with Crippen LogP contribution < -0.4 is 0 Å². The van der Waals surface area contributed by atoms with E-state index in [4.69, 9.17) is 4.52 Å². The molecule has 3 heterocycles. The van der Waals surface area contributed by atoms with Crippen molar-refractivity contribution in [2.75, 3.05) is 13.1 Å². The van der Waals surface area contributed by atoms with Gasteiger partial charge in [0.1, 0.15) is 0 Å². The van der Waals surface area contributed by atoms with Gasteiger partial charge in [0.05, 0.1) is 10.8 Å². The zero-order valence-corrected chi connectivity index (χ0v) is 14.1.